The van der Waals surface area contributed by atoms with Gasteiger partial charge in [-0.25, -0.2) is 4.39 Å². The van der Waals surface area contributed by atoms with E-state index in [1.807, 2.05) is 0 Å². The second-order valence-electron chi connectivity index (χ2n) is 4.00. The van der Waals surface area contributed by atoms with E-state index in [0.29, 0.717) is 13.0 Å². The van der Waals surface area contributed by atoms with Gasteiger partial charge in [0, 0.05) is 6.54 Å². The highest BCUT2D eigenvalue weighted by Crippen LogP contribution is 2.25. The molecule has 4 heteroatoms. The average molecular weight is 189 g/mol. The molecule has 1 rings (SSSR count). The lowest BCUT2D eigenvalue weighted by Crippen LogP contribution is -2.49. The Labute approximate surface area is 77.5 Å². The number of rotatable bonds is 2. The Balaban J connectivity index is 2.56. The van der Waals surface area contributed by atoms with Gasteiger partial charge in [-0.2, -0.15) is 0 Å². The van der Waals surface area contributed by atoms with E-state index < -0.39 is 17.7 Å². The second-order valence-corrected chi connectivity index (χ2v) is 4.00. The van der Waals surface area contributed by atoms with Crippen LogP contribution in [-0.4, -0.2) is 40.8 Å². The minimum Gasteiger partial charge on any atom is -0.480 e. The van der Waals surface area contributed by atoms with Crippen LogP contribution in [0.4, 0.5) is 4.39 Å². The summed E-state index contributed by atoms with van der Waals surface area (Å²) in [6.45, 7) is 4.06. The van der Waals surface area contributed by atoms with E-state index >= 15 is 0 Å². The zero-order valence-electron chi connectivity index (χ0n) is 8.09. The van der Waals surface area contributed by atoms with Gasteiger partial charge in [0.15, 0.2) is 0 Å². The van der Waals surface area contributed by atoms with Crippen molar-refractivity contribution >= 4 is 5.97 Å². The van der Waals surface area contributed by atoms with E-state index in [2.05, 4.69) is 0 Å². The zero-order chi connectivity index (χ0) is 10.1. The van der Waals surface area contributed by atoms with Crippen LogP contribution in [-0.2, 0) is 4.79 Å². The van der Waals surface area contributed by atoms with Gasteiger partial charge in [-0.05, 0) is 33.2 Å². The molecule has 0 spiro atoms. The summed E-state index contributed by atoms with van der Waals surface area (Å²) in [5.74, 6) is -0.877. The molecule has 76 valence electrons. The van der Waals surface area contributed by atoms with Gasteiger partial charge in [-0.15, -0.1) is 0 Å². The first-order valence-electron chi connectivity index (χ1n) is 4.58. The number of carbonyl (C=O) groups is 1. The SMILES string of the molecule is CC(C(=O)O)N1CCCC(C)(F)C1. The van der Waals surface area contributed by atoms with Crippen molar-refractivity contribution in [3.05, 3.63) is 0 Å². The highest BCUT2D eigenvalue weighted by Gasteiger charge is 2.34. The molecule has 0 aromatic carbocycles. The van der Waals surface area contributed by atoms with Gasteiger partial charge in [0.25, 0.3) is 0 Å². The average Bonchev–Trinajstić information content (AvgIpc) is 2.01. The lowest BCUT2D eigenvalue weighted by atomic mass is 9.96. The summed E-state index contributed by atoms with van der Waals surface area (Å²) in [6, 6.07) is -0.574. The number of likely N-dealkylation sites (tertiary alicyclic amines) is 1. The van der Waals surface area contributed by atoms with E-state index in [1.165, 1.54) is 6.92 Å². The fourth-order valence-electron chi connectivity index (χ4n) is 1.72. The van der Waals surface area contributed by atoms with Crippen molar-refractivity contribution in [3.8, 4) is 0 Å². The van der Waals surface area contributed by atoms with Crippen LogP contribution in [0.1, 0.15) is 26.7 Å². The fraction of sp³-hybridized carbons (Fsp3) is 0.889. The molecule has 0 radical (unpaired) electrons. The maximum Gasteiger partial charge on any atom is 0.320 e. The minimum absolute atomic E-state index is 0.237. The smallest absolute Gasteiger partial charge is 0.320 e. The van der Waals surface area contributed by atoms with Gasteiger partial charge in [-0.1, -0.05) is 0 Å². The number of aliphatic carboxylic acids is 1. The van der Waals surface area contributed by atoms with E-state index in [0.717, 1.165) is 6.42 Å². The van der Waals surface area contributed by atoms with Crippen LogP contribution in [0.2, 0.25) is 0 Å². The Bertz CT molecular complexity index is 206. The molecular weight excluding hydrogens is 173 g/mol. The van der Waals surface area contributed by atoms with Crippen molar-refractivity contribution < 1.29 is 14.3 Å². The molecule has 1 aliphatic rings. The van der Waals surface area contributed by atoms with Crippen LogP contribution in [0.15, 0.2) is 0 Å². The number of nitrogens with zero attached hydrogens (tertiary/aromatic N) is 1. The van der Waals surface area contributed by atoms with Crippen LogP contribution in [0, 0.1) is 0 Å². The van der Waals surface area contributed by atoms with Crippen molar-refractivity contribution in [1.82, 2.24) is 4.90 Å². The predicted molar refractivity (Wildman–Crippen MR) is 47.4 cm³/mol. The molecule has 13 heavy (non-hydrogen) atoms. The molecular formula is C9H16FNO2. The molecule has 0 bridgehead atoms. The van der Waals surface area contributed by atoms with Crippen LogP contribution in [0.3, 0.4) is 0 Å². The molecule has 1 saturated heterocycles. The minimum atomic E-state index is -1.22. The van der Waals surface area contributed by atoms with Gasteiger partial charge in [-0.3, -0.25) is 9.69 Å². The lowest BCUT2D eigenvalue weighted by Gasteiger charge is -2.37. The third-order valence-corrected chi connectivity index (χ3v) is 2.58. The van der Waals surface area contributed by atoms with Gasteiger partial charge in [0.05, 0.1) is 0 Å². The maximum absolute atomic E-state index is 13.5. The summed E-state index contributed by atoms with van der Waals surface area (Å²) in [4.78, 5) is 12.3. The first-order valence-corrected chi connectivity index (χ1v) is 4.58. The number of hydrogen-bond acceptors (Lipinski definition) is 2. The highest BCUT2D eigenvalue weighted by atomic mass is 19.1. The Morgan fingerprint density at radius 2 is 2.31 bits per heavy atom. The first-order chi connectivity index (χ1) is 5.92. The summed E-state index contributed by atoms with van der Waals surface area (Å²) in [5.41, 5.74) is -1.22. The Morgan fingerprint density at radius 3 is 2.77 bits per heavy atom. The molecule has 0 aromatic rings. The molecule has 2 atom stereocenters. The van der Waals surface area contributed by atoms with Gasteiger partial charge in [0.2, 0.25) is 0 Å². The Hall–Kier alpha value is -0.640. The quantitative estimate of drug-likeness (QED) is 0.711. The molecule has 2 unspecified atom stereocenters. The molecule has 1 fully saturated rings. The largest absolute Gasteiger partial charge is 0.480 e. The third-order valence-electron chi connectivity index (χ3n) is 2.58. The Morgan fingerprint density at radius 1 is 1.69 bits per heavy atom. The summed E-state index contributed by atoms with van der Waals surface area (Å²) in [6.07, 6.45) is 1.28. The summed E-state index contributed by atoms with van der Waals surface area (Å²) in [5, 5.41) is 8.74. The summed E-state index contributed by atoms with van der Waals surface area (Å²) < 4.78 is 13.5. The predicted octanol–water partition coefficient (Wildman–Crippen LogP) is 1.28. The van der Waals surface area contributed by atoms with Crippen LogP contribution >= 0.6 is 0 Å². The van der Waals surface area contributed by atoms with Crippen molar-refractivity contribution in [2.75, 3.05) is 13.1 Å². The van der Waals surface area contributed by atoms with Gasteiger partial charge >= 0.3 is 5.97 Å². The lowest BCUT2D eigenvalue weighted by molar-refractivity contribution is -0.144. The second kappa shape index (κ2) is 3.62. The van der Waals surface area contributed by atoms with Crippen molar-refractivity contribution in [1.29, 1.82) is 0 Å². The van der Waals surface area contributed by atoms with Crippen LogP contribution in [0.25, 0.3) is 0 Å². The molecule has 1 heterocycles. The topological polar surface area (TPSA) is 40.5 Å². The normalized spacial score (nSPS) is 32.8. The molecule has 0 amide bonds. The number of hydrogen-bond donors (Lipinski definition) is 1. The number of piperidine rings is 1. The maximum atomic E-state index is 13.5. The van der Waals surface area contributed by atoms with Crippen molar-refractivity contribution in [2.45, 2.75) is 38.4 Å². The van der Waals surface area contributed by atoms with Crippen LogP contribution < -0.4 is 0 Å². The molecule has 0 saturated carbocycles. The summed E-state index contributed by atoms with van der Waals surface area (Å²) >= 11 is 0. The first kappa shape index (κ1) is 10.4. The highest BCUT2D eigenvalue weighted by molar-refractivity contribution is 5.72. The number of halogens is 1. The molecule has 3 nitrogen and oxygen atoms in total. The van der Waals surface area contributed by atoms with E-state index in [1.54, 1.807) is 11.8 Å². The standard InChI is InChI=1S/C9H16FNO2/c1-7(8(12)13)11-5-3-4-9(2,10)6-11/h7H,3-6H2,1-2H3,(H,12,13). The molecule has 1 aliphatic heterocycles. The zero-order valence-corrected chi connectivity index (χ0v) is 8.09. The molecule has 0 aliphatic carbocycles. The van der Waals surface area contributed by atoms with Gasteiger partial charge < -0.3 is 5.11 Å². The Kier molecular flexibility index (Phi) is 2.91. The number of alkyl halides is 1. The van der Waals surface area contributed by atoms with E-state index in [4.69, 9.17) is 5.11 Å². The van der Waals surface area contributed by atoms with E-state index in [-0.39, 0.29) is 6.54 Å². The summed E-state index contributed by atoms with van der Waals surface area (Å²) in [7, 11) is 0. The molecule has 0 aromatic heterocycles. The number of carboxylic acids is 1. The third kappa shape index (κ3) is 2.66. The van der Waals surface area contributed by atoms with Gasteiger partial charge in [0.1, 0.15) is 11.7 Å². The van der Waals surface area contributed by atoms with Crippen molar-refractivity contribution in [2.24, 2.45) is 0 Å². The van der Waals surface area contributed by atoms with Crippen molar-refractivity contribution in [3.63, 3.8) is 0 Å². The number of carboxylic acid groups (broad SMARTS) is 1. The fourth-order valence-corrected chi connectivity index (χ4v) is 1.72. The van der Waals surface area contributed by atoms with Crippen LogP contribution in [0.5, 0.6) is 0 Å². The molecule has 1 N–H and O–H groups in total. The van der Waals surface area contributed by atoms with E-state index in [9.17, 15) is 9.18 Å². The monoisotopic (exact) mass is 189 g/mol.